The Kier molecular flexibility index (Phi) is 26.4. The second-order valence-corrected chi connectivity index (χ2v) is 40.7. The molecule has 4 aliphatic rings. The van der Waals surface area contributed by atoms with E-state index in [9.17, 15) is 0 Å². The third-order valence-corrected chi connectivity index (χ3v) is 11.2. The molecule has 0 atom stereocenters. The van der Waals surface area contributed by atoms with Gasteiger partial charge in [-0.2, -0.15) is 59.7 Å². The number of allylic oxidation sites excluding steroid dienone is 8. The Balaban J connectivity index is 0.000000448. The Labute approximate surface area is 448 Å². The molecular weight excluding hydrogens is 1030 g/mol. The minimum atomic E-state index is 0. The van der Waals surface area contributed by atoms with Crippen molar-refractivity contribution in [3.63, 3.8) is 0 Å². The van der Waals surface area contributed by atoms with Gasteiger partial charge >= 0.3 is 83.7 Å². The van der Waals surface area contributed by atoms with Crippen LogP contribution in [0.4, 0.5) is 0 Å². The summed E-state index contributed by atoms with van der Waals surface area (Å²) in [5.74, 6) is 0. The average molecular weight is 1110 g/mol. The summed E-state index contributed by atoms with van der Waals surface area (Å²) in [5, 5.41) is 0. The standard InChI is InChI=1S/2C21H25.2C7H9.2C2H6Si.2ClH.2Zr/c2*1-20(2,3)16-7-9-18-14(12-16)11-15-13-17(21(4,5)6)8-10-19(15)18;2*1-2-7-5-3-4-6-7;2*1-3-2;;;;/h2*7-10,12H,11H2,1-6H3;2*3,5H,2,4H2,1H3;2*1-2H3;2*1H;;/q4*-1;;;;;2*+2/p-2. The summed E-state index contributed by atoms with van der Waals surface area (Å²) in [7, 11) is 0. The average Bonchev–Trinajstić information content (AvgIpc) is 4.02. The fraction of sp³-hybridized carbons (Fsp3) is 0.467. The summed E-state index contributed by atoms with van der Waals surface area (Å²) in [6, 6.07) is 30.3. The van der Waals surface area contributed by atoms with Gasteiger partial charge in [0.2, 0.25) is 0 Å². The molecule has 0 saturated heterocycles. The fourth-order valence-corrected chi connectivity index (χ4v) is 7.44. The molecule has 0 nitrogen and oxygen atoms in total. The van der Waals surface area contributed by atoms with Crippen LogP contribution in [0.2, 0.25) is 26.2 Å². The first-order valence-electron chi connectivity index (χ1n) is 23.6. The maximum atomic E-state index is 3.67. The minimum Gasteiger partial charge on any atom is -1.00 e. The number of hydrogen-bond donors (Lipinski definition) is 0. The van der Waals surface area contributed by atoms with Crippen molar-refractivity contribution in [1.29, 1.82) is 0 Å². The summed E-state index contributed by atoms with van der Waals surface area (Å²) >= 11 is 3.48. The number of halogens is 2. The molecule has 0 heterocycles. The second-order valence-electron chi connectivity index (χ2n) is 22.0. The zero-order valence-electron chi connectivity index (χ0n) is 44.1. The van der Waals surface area contributed by atoms with E-state index < -0.39 is 0 Å². The van der Waals surface area contributed by atoms with Crippen LogP contribution in [0.5, 0.6) is 0 Å². The summed E-state index contributed by atoms with van der Waals surface area (Å²) in [4.78, 5) is 0. The van der Waals surface area contributed by atoms with Gasteiger partial charge in [0.1, 0.15) is 0 Å². The Morgan fingerprint density at radius 1 is 0.470 bits per heavy atom. The van der Waals surface area contributed by atoms with Gasteiger partial charge < -0.3 is 24.8 Å². The van der Waals surface area contributed by atoms with Gasteiger partial charge in [-0.15, -0.1) is 35.1 Å². The molecule has 0 aliphatic heterocycles. The first-order valence-corrected chi connectivity index (χ1v) is 36.0. The van der Waals surface area contributed by atoms with Gasteiger partial charge in [-0.1, -0.05) is 157 Å². The van der Waals surface area contributed by atoms with Crippen molar-refractivity contribution in [2.45, 2.75) is 183 Å². The van der Waals surface area contributed by atoms with Gasteiger partial charge in [0.15, 0.2) is 0 Å². The Morgan fingerprint density at radius 3 is 1.00 bits per heavy atom. The first kappa shape index (κ1) is 62.6. The maximum absolute atomic E-state index is 3.67. The van der Waals surface area contributed by atoms with Gasteiger partial charge in [0, 0.05) is 0 Å². The van der Waals surface area contributed by atoms with Crippen LogP contribution >= 0.6 is 0 Å². The Morgan fingerprint density at radius 2 is 0.773 bits per heavy atom. The molecule has 0 unspecified atom stereocenters. The topological polar surface area (TPSA) is 0 Å². The molecule has 6 heteroatoms. The third kappa shape index (κ3) is 20.2. The monoisotopic (exact) mass is 1110 g/mol. The Bertz CT molecular complexity index is 2070. The molecule has 0 radical (unpaired) electrons. The van der Waals surface area contributed by atoms with Crippen LogP contribution in [0.1, 0.15) is 167 Å². The summed E-state index contributed by atoms with van der Waals surface area (Å²) in [5.41, 5.74) is 20.6. The number of benzene rings is 4. The summed E-state index contributed by atoms with van der Waals surface area (Å²) in [6.07, 6.45) is 21.4. The van der Waals surface area contributed by atoms with Crippen molar-refractivity contribution < 1.29 is 71.5 Å². The molecule has 0 N–H and O–H groups in total. The third-order valence-electron chi connectivity index (χ3n) is 11.2. The number of hydrogen-bond acceptors (Lipinski definition) is 0. The predicted octanol–water partition coefficient (Wildman–Crippen LogP) is 11.1. The van der Waals surface area contributed by atoms with Gasteiger partial charge in [-0.25, -0.2) is 23.3 Å². The fourth-order valence-electron chi connectivity index (χ4n) is 7.44. The van der Waals surface area contributed by atoms with E-state index in [2.05, 4.69) is 232 Å². The largest absolute Gasteiger partial charge is 1.00 e. The van der Waals surface area contributed by atoms with Crippen molar-refractivity contribution in [2.75, 3.05) is 0 Å². The zero-order valence-corrected chi connectivity index (χ0v) is 52.5. The molecule has 4 aromatic carbocycles. The molecular formula is C60H80Cl2Si2Zr2-2. The summed E-state index contributed by atoms with van der Waals surface area (Å²) in [6.45, 7) is 40.7. The van der Waals surface area contributed by atoms with E-state index in [-0.39, 0.29) is 57.3 Å². The molecule has 0 fully saturated rings. The van der Waals surface area contributed by atoms with Crippen LogP contribution in [-0.4, -0.2) is 10.9 Å². The number of rotatable bonds is 2. The van der Waals surface area contributed by atoms with Crippen LogP contribution in [0.15, 0.2) is 96.1 Å². The first-order chi connectivity index (χ1) is 29.6. The molecule has 0 amide bonds. The maximum Gasteiger partial charge on any atom is -1.00 e. The molecule has 66 heavy (non-hydrogen) atoms. The van der Waals surface area contributed by atoms with Gasteiger partial charge in [-0.05, 0) is 56.8 Å². The van der Waals surface area contributed by atoms with Crippen LogP contribution < -0.4 is 24.8 Å². The molecule has 4 aromatic rings. The molecule has 0 spiro atoms. The van der Waals surface area contributed by atoms with E-state index in [0.717, 1.165) is 38.5 Å². The van der Waals surface area contributed by atoms with Crippen molar-refractivity contribution in [3.8, 4) is 22.3 Å². The predicted molar refractivity (Wildman–Crippen MR) is 278 cm³/mol. The van der Waals surface area contributed by atoms with E-state index in [1.54, 1.807) is 46.7 Å². The van der Waals surface area contributed by atoms with E-state index in [1.807, 2.05) is 0 Å². The molecule has 0 saturated carbocycles. The normalized spacial score (nSPS) is 13.5. The van der Waals surface area contributed by atoms with Crippen LogP contribution in [0.3, 0.4) is 0 Å². The van der Waals surface area contributed by atoms with E-state index in [4.69, 9.17) is 0 Å². The number of fused-ring (bicyclic) bond motifs is 6. The zero-order chi connectivity index (χ0) is 48.2. The van der Waals surface area contributed by atoms with Crippen molar-refractivity contribution in [2.24, 2.45) is 0 Å². The van der Waals surface area contributed by atoms with Crippen molar-refractivity contribution in [3.05, 3.63) is 165 Å². The Hall–Kier alpha value is -1.38. The van der Waals surface area contributed by atoms with E-state index in [0.29, 0.717) is 0 Å². The van der Waals surface area contributed by atoms with Crippen LogP contribution in [0, 0.1) is 24.3 Å². The molecule has 4 aliphatic carbocycles. The van der Waals surface area contributed by atoms with Crippen LogP contribution in [0.25, 0.3) is 22.3 Å². The minimum absolute atomic E-state index is 0. The molecule has 0 aromatic heterocycles. The van der Waals surface area contributed by atoms with Crippen molar-refractivity contribution >= 4 is 10.9 Å². The van der Waals surface area contributed by atoms with Crippen LogP contribution in [-0.2, 0) is 81.2 Å². The quantitative estimate of drug-likeness (QED) is 0.120. The van der Waals surface area contributed by atoms with E-state index in [1.165, 1.54) is 77.9 Å². The molecule has 8 rings (SSSR count). The molecule has 0 bridgehead atoms. The van der Waals surface area contributed by atoms with Gasteiger partial charge in [0.05, 0.1) is 0 Å². The SMILES string of the molecule is CC(C)(C)c1[c-]c2c(cc1)-c1ccc(C(C)(C)C)cc1C2.CC(C)(C)c1[c-]c2c(cc1)-c1ccc(C(C)(C)C)cc1C2.CCC1=[C-]CC=C1.CCC1=[C-]CC=C1.C[Si](C)=[Zr+2].C[Si](C)=[Zr+2].[Cl-].[Cl-]. The van der Waals surface area contributed by atoms with Gasteiger partial charge in [0.25, 0.3) is 0 Å². The second kappa shape index (κ2) is 27.9. The van der Waals surface area contributed by atoms with Gasteiger partial charge in [-0.3, -0.25) is 12.2 Å². The molecule has 352 valence electrons. The van der Waals surface area contributed by atoms with Crippen molar-refractivity contribution in [1.82, 2.24) is 0 Å². The van der Waals surface area contributed by atoms with E-state index >= 15 is 0 Å². The smallest absolute Gasteiger partial charge is 1.00 e. The summed E-state index contributed by atoms with van der Waals surface area (Å²) < 4.78 is 0.